The summed E-state index contributed by atoms with van der Waals surface area (Å²) < 4.78 is 0. The van der Waals surface area contributed by atoms with Crippen molar-refractivity contribution in [3.05, 3.63) is 58.3 Å². The van der Waals surface area contributed by atoms with Gasteiger partial charge in [-0.1, -0.05) is 36.4 Å². The number of amides is 1. The molecule has 5 nitrogen and oxygen atoms in total. The minimum atomic E-state index is -0.0237. The number of nitrogens with zero attached hydrogens (tertiary/aromatic N) is 2. The average Bonchev–Trinajstić information content (AvgIpc) is 3.12. The maximum atomic E-state index is 12.3. The molecule has 0 spiro atoms. The van der Waals surface area contributed by atoms with Crippen LogP contribution in [0.4, 0.5) is 0 Å². The quantitative estimate of drug-likeness (QED) is 0.570. The smallest absolute Gasteiger partial charge is 0.244 e. The van der Waals surface area contributed by atoms with Crippen LogP contribution in [0.2, 0.25) is 0 Å². The predicted octanol–water partition coefficient (Wildman–Crippen LogP) is 2.24. The molecule has 0 aliphatic carbocycles. The predicted molar refractivity (Wildman–Crippen MR) is 100 cm³/mol. The van der Waals surface area contributed by atoms with Gasteiger partial charge in [0.2, 0.25) is 5.91 Å². The van der Waals surface area contributed by atoms with Crippen LogP contribution in [0.1, 0.15) is 17.4 Å². The Kier molecular flexibility index (Phi) is 7.29. The number of hydrogen-bond acceptors (Lipinski definition) is 3. The number of carbonyl (C=O) groups excluding carboxylic acids is 1. The topological polar surface area (TPSA) is 70.7 Å². The second-order valence-electron chi connectivity index (χ2n) is 5.35. The number of rotatable bonds is 8. The molecule has 1 aromatic heterocycles. The van der Waals surface area contributed by atoms with Gasteiger partial charge in [-0.3, -0.25) is 4.79 Å². The summed E-state index contributed by atoms with van der Waals surface area (Å²) >= 11 is 1.72. The molecule has 1 heterocycles. The number of likely N-dealkylation sites (N-methyl/N-ethyl adjacent to an activating group) is 1. The van der Waals surface area contributed by atoms with Crippen molar-refractivity contribution in [2.75, 3.05) is 19.6 Å². The first-order valence-corrected chi connectivity index (χ1v) is 8.95. The molecule has 128 valence electrons. The van der Waals surface area contributed by atoms with Gasteiger partial charge in [0.1, 0.15) is 6.54 Å². The van der Waals surface area contributed by atoms with Gasteiger partial charge in [0, 0.05) is 24.5 Å². The molecule has 2 aromatic rings. The number of guanidine groups is 1. The van der Waals surface area contributed by atoms with E-state index < -0.39 is 0 Å². The van der Waals surface area contributed by atoms with Crippen LogP contribution in [-0.4, -0.2) is 36.4 Å². The molecule has 1 amide bonds. The molecular formula is C18H24N4OS. The fourth-order valence-corrected chi connectivity index (χ4v) is 2.97. The lowest BCUT2D eigenvalue weighted by molar-refractivity contribution is -0.130. The van der Waals surface area contributed by atoms with E-state index in [2.05, 4.69) is 21.8 Å². The second-order valence-corrected chi connectivity index (χ2v) is 6.38. The molecule has 0 bridgehead atoms. The van der Waals surface area contributed by atoms with Crippen LogP contribution in [0.25, 0.3) is 0 Å². The van der Waals surface area contributed by atoms with Gasteiger partial charge in [-0.25, -0.2) is 4.99 Å². The standard InChI is InChI=1S/C18H24N4OS/c1-2-22(14-15-7-4-3-5-8-15)17(23)13-21-18(19)20-11-10-16-9-6-12-24-16/h3-9,12H,2,10-11,13-14H2,1H3,(H3,19,20,21). The maximum absolute atomic E-state index is 12.3. The third-order valence-electron chi connectivity index (χ3n) is 3.59. The molecule has 1 aromatic carbocycles. The van der Waals surface area contributed by atoms with Gasteiger partial charge in [0.25, 0.3) is 0 Å². The Labute approximate surface area is 147 Å². The van der Waals surface area contributed by atoms with Crippen LogP contribution in [0.5, 0.6) is 0 Å². The highest BCUT2D eigenvalue weighted by atomic mass is 32.1. The van der Waals surface area contributed by atoms with Crippen molar-refractivity contribution in [2.24, 2.45) is 10.7 Å². The molecule has 24 heavy (non-hydrogen) atoms. The molecule has 0 atom stereocenters. The number of thiophene rings is 1. The van der Waals surface area contributed by atoms with Crippen LogP contribution in [0, 0.1) is 0 Å². The molecule has 0 aliphatic rings. The van der Waals surface area contributed by atoms with Crippen molar-refractivity contribution in [3.8, 4) is 0 Å². The molecule has 6 heteroatoms. The van der Waals surface area contributed by atoms with Gasteiger partial charge < -0.3 is 16.0 Å². The zero-order valence-electron chi connectivity index (χ0n) is 13.9. The lowest BCUT2D eigenvalue weighted by Crippen LogP contribution is -2.36. The van der Waals surface area contributed by atoms with E-state index in [0.29, 0.717) is 25.6 Å². The van der Waals surface area contributed by atoms with Crippen molar-refractivity contribution in [1.82, 2.24) is 10.2 Å². The summed E-state index contributed by atoms with van der Waals surface area (Å²) in [6, 6.07) is 14.1. The fraction of sp³-hybridized carbons (Fsp3) is 0.333. The fourth-order valence-electron chi connectivity index (χ4n) is 2.26. The van der Waals surface area contributed by atoms with Crippen LogP contribution in [0.3, 0.4) is 0 Å². The summed E-state index contributed by atoms with van der Waals surface area (Å²) in [4.78, 5) is 19.5. The van der Waals surface area contributed by atoms with Gasteiger partial charge in [0.05, 0.1) is 0 Å². The lowest BCUT2D eigenvalue weighted by Gasteiger charge is -2.20. The van der Waals surface area contributed by atoms with Crippen molar-refractivity contribution < 1.29 is 4.79 Å². The van der Waals surface area contributed by atoms with E-state index in [1.807, 2.05) is 43.3 Å². The van der Waals surface area contributed by atoms with Crippen molar-refractivity contribution >= 4 is 23.2 Å². The highest BCUT2D eigenvalue weighted by molar-refractivity contribution is 7.09. The molecule has 0 saturated carbocycles. The first-order chi connectivity index (χ1) is 11.7. The van der Waals surface area contributed by atoms with E-state index in [9.17, 15) is 4.79 Å². The van der Waals surface area contributed by atoms with E-state index in [0.717, 1.165) is 12.0 Å². The second kappa shape index (κ2) is 9.72. The molecule has 3 N–H and O–H groups in total. The Bertz CT molecular complexity index is 640. The Morgan fingerprint density at radius 2 is 2.04 bits per heavy atom. The van der Waals surface area contributed by atoms with E-state index in [1.54, 1.807) is 16.2 Å². The highest BCUT2D eigenvalue weighted by Gasteiger charge is 2.11. The van der Waals surface area contributed by atoms with Crippen molar-refractivity contribution in [2.45, 2.75) is 19.9 Å². The molecule has 0 aliphatic heterocycles. The van der Waals surface area contributed by atoms with Gasteiger partial charge >= 0.3 is 0 Å². The monoisotopic (exact) mass is 344 g/mol. The molecule has 0 unspecified atom stereocenters. The van der Waals surface area contributed by atoms with Crippen molar-refractivity contribution in [1.29, 1.82) is 0 Å². The molecule has 0 saturated heterocycles. The van der Waals surface area contributed by atoms with Gasteiger partial charge in [-0.2, -0.15) is 0 Å². The lowest BCUT2D eigenvalue weighted by atomic mass is 10.2. The normalized spacial score (nSPS) is 11.3. The molecule has 0 fully saturated rings. The Morgan fingerprint density at radius 3 is 2.71 bits per heavy atom. The Hall–Kier alpha value is -2.34. The summed E-state index contributed by atoms with van der Waals surface area (Å²) in [6.45, 7) is 3.99. The van der Waals surface area contributed by atoms with Gasteiger partial charge in [0.15, 0.2) is 5.96 Å². The van der Waals surface area contributed by atoms with E-state index >= 15 is 0 Å². The molecular weight excluding hydrogens is 320 g/mol. The minimum absolute atomic E-state index is 0.0237. The van der Waals surface area contributed by atoms with Gasteiger partial charge in [-0.05, 0) is 30.4 Å². The van der Waals surface area contributed by atoms with E-state index in [-0.39, 0.29) is 12.5 Å². The minimum Gasteiger partial charge on any atom is -0.370 e. The molecule has 2 rings (SSSR count). The van der Waals surface area contributed by atoms with Crippen molar-refractivity contribution in [3.63, 3.8) is 0 Å². The number of hydrogen-bond donors (Lipinski definition) is 2. The van der Waals surface area contributed by atoms with Crippen LogP contribution in [0.15, 0.2) is 52.8 Å². The van der Waals surface area contributed by atoms with E-state index in [1.165, 1.54) is 4.88 Å². The number of aliphatic imine (C=N–C) groups is 1. The average molecular weight is 344 g/mol. The highest BCUT2D eigenvalue weighted by Crippen LogP contribution is 2.08. The SMILES string of the molecule is CCN(Cc1ccccc1)C(=O)CN=C(N)NCCc1cccs1. The molecule has 0 radical (unpaired) electrons. The first kappa shape index (κ1) is 18.0. The third-order valence-corrected chi connectivity index (χ3v) is 4.53. The third kappa shape index (κ3) is 6.04. The largest absolute Gasteiger partial charge is 0.370 e. The zero-order valence-corrected chi connectivity index (χ0v) is 14.8. The number of nitrogens with one attached hydrogen (secondary N) is 1. The summed E-state index contributed by atoms with van der Waals surface area (Å²) in [7, 11) is 0. The number of nitrogens with two attached hydrogens (primary N) is 1. The van der Waals surface area contributed by atoms with Crippen LogP contribution in [-0.2, 0) is 17.8 Å². The number of benzene rings is 1. The van der Waals surface area contributed by atoms with Crippen LogP contribution >= 0.6 is 11.3 Å². The zero-order chi connectivity index (χ0) is 17.2. The summed E-state index contributed by atoms with van der Waals surface area (Å²) in [5.74, 6) is 0.292. The first-order valence-electron chi connectivity index (χ1n) is 8.07. The number of carbonyl (C=O) groups is 1. The van der Waals surface area contributed by atoms with Gasteiger partial charge in [-0.15, -0.1) is 11.3 Å². The maximum Gasteiger partial charge on any atom is 0.244 e. The Balaban J connectivity index is 1.76. The van der Waals surface area contributed by atoms with Crippen LogP contribution < -0.4 is 11.1 Å². The Morgan fingerprint density at radius 1 is 1.25 bits per heavy atom. The summed E-state index contributed by atoms with van der Waals surface area (Å²) in [5, 5.41) is 5.10. The summed E-state index contributed by atoms with van der Waals surface area (Å²) in [5.41, 5.74) is 6.94. The summed E-state index contributed by atoms with van der Waals surface area (Å²) in [6.07, 6.45) is 0.900. The van der Waals surface area contributed by atoms with E-state index in [4.69, 9.17) is 5.73 Å².